The summed E-state index contributed by atoms with van der Waals surface area (Å²) < 4.78 is 0. The molecule has 0 aliphatic heterocycles. The van der Waals surface area contributed by atoms with Crippen LogP contribution in [0, 0.1) is 6.92 Å². The topological polar surface area (TPSA) is 37.8 Å². The summed E-state index contributed by atoms with van der Waals surface area (Å²) in [5.74, 6) is 0.893. The Kier molecular flexibility index (Phi) is 3.31. The number of hydrogen-bond donors (Lipinski definition) is 1. The normalized spacial score (nSPS) is 20.0. The third-order valence-corrected chi connectivity index (χ3v) is 2.94. The largest absolute Gasteiger partial charge is 0.310 e. The molecule has 0 saturated heterocycles. The van der Waals surface area contributed by atoms with Gasteiger partial charge in [-0.1, -0.05) is 6.92 Å². The second kappa shape index (κ2) is 4.71. The number of nitrogens with one attached hydrogen (secondary N) is 1. The van der Waals surface area contributed by atoms with Gasteiger partial charge in [-0.3, -0.25) is 0 Å². The van der Waals surface area contributed by atoms with Crippen LogP contribution in [-0.2, 0) is 6.42 Å². The highest BCUT2D eigenvalue weighted by atomic mass is 14.9. The number of hydrogen-bond acceptors (Lipinski definition) is 3. The summed E-state index contributed by atoms with van der Waals surface area (Å²) in [6.45, 7) is 5.24. The number of fused-ring (bicyclic) bond motifs is 1. The Morgan fingerprint density at radius 1 is 1.53 bits per heavy atom. The highest BCUT2D eigenvalue weighted by Crippen LogP contribution is 2.27. The Bertz CT molecular complexity index is 336. The maximum atomic E-state index is 4.52. The third-order valence-electron chi connectivity index (χ3n) is 2.94. The zero-order chi connectivity index (χ0) is 10.7. The molecule has 0 radical (unpaired) electrons. The van der Waals surface area contributed by atoms with Crippen molar-refractivity contribution in [2.45, 2.75) is 45.6 Å². The van der Waals surface area contributed by atoms with Gasteiger partial charge in [-0.2, -0.15) is 0 Å². The van der Waals surface area contributed by atoms with Gasteiger partial charge in [0.25, 0.3) is 0 Å². The van der Waals surface area contributed by atoms with Gasteiger partial charge >= 0.3 is 0 Å². The van der Waals surface area contributed by atoms with Crippen LogP contribution in [0.1, 0.15) is 49.3 Å². The van der Waals surface area contributed by atoms with E-state index in [9.17, 15) is 0 Å². The van der Waals surface area contributed by atoms with Crippen LogP contribution in [0.15, 0.2) is 6.20 Å². The highest BCUT2D eigenvalue weighted by Gasteiger charge is 2.20. The zero-order valence-corrected chi connectivity index (χ0v) is 9.58. The fraction of sp³-hybridized carbons (Fsp3) is 0.667. The molecule has 1 aliphatic carbocycles. The van der Waals surface area contributed by atoms with Crippen molar-refractivity contribution in [1.82, 2.24) is 15.3 Å². The molecule has 82 valence electrons. The summed E-state index contributed by atoms with van der Waals surface area (Å²) in [5, 5.41) is 3.57. The molecular weight excluding hydrogens is 186 g/mol. The van der Waals surface area contributed by atoms with Crippen LogP contribution in [-0.4, -0.2) is 16.5 Å². The molecule has 1 N–H and O–H groups in total. The minimum Gasteiger partial charge on any atom is -0.310 e. The van der Waals surface area contributed by atoms with Crippen LogP contribution < -0.4 is 5.32 Å². The van der Waals surface area contributed by atoms with Gasteiger partial charge in [0.2, 0.25) is 0 Å². The van der Waals surface area contributed by atoms with E-state index < -0.39 is 0 Å². The van der Waals surface area contributed by atoms with Crippen molar-refractivity contribution in [3.63, 3.8) is 0 Å². The number of rotatable bonds is 3. The van der Waals surface area contributed by atoms with Gasteiger partial charge in [-0.05, 0) is 39.2 Å². The van der Waals surface area contributed by atoms with Gasteiger partial charge in [-0.25, -0.2) is 9.97 Å². The van der Waals surface area contributed by atoms with E-state index in [0.29, 0.717) is 6.04 Å². The molecule has 3 nitrogen and oxygen atoms in total. The quantitative estimate of drug-likeness (QED) is 0.821. The molecule has 0 bridgehead atoms. The van der Waals surface area contributed by atoms with Crippen LogP contribution in [0.5, 0.6) is 0 Å². The van der Waals surface area contributed by atoms with Crippen LogP contribution in [0.3, 0.4) is 0 Å². The van der Waals surface area contributed by atoms with Gasteiger partial charge < -0.3 is 5.32 Å². The molecule has 1 aromatic rings. The molecule has 0 aromatic carbocycles. The van der Waals surface area contributed by atoms with Crippen LogP contribution in [0.4, 0.5) is 0 Å². The van der Waals surface area contributed by atoms with E-state index in [1.165, 1.54) is 30.5 Å². The van der Waals surface area contributed by atoms with Crippen molar-refractivity contribution in [3.8, 4) is 0 Å². The van der Waals surface area contributed by atoms with Crippen molar-refractivity contribution < 1.29 is 0 Å². The predicted octanol–water partition coefficient (Wildman–Crippen LogP) is 2.16. The smallest absolute Gasteiger partial charge is 0.125 e. The van der Waals surface area contributed by atoms with Crippen LogP contribution >= 0.6 is 0 Å². The second-order valence-electron chi connectivity index (χ2n) is 4.22. The van der Waals surface area contributed by atoms with Crippen molar-refractivity contribution in [2.75, 3.05) is 6.54 Å². The Morgan fingerprint density at radius 2 is 2.40 bits per heavy atom. The molecule has 0 fully saturated rings. The van der Waals surface area contributed by atoms with Gasteiger partial charge in [-0.15, -0.1) is 0 Å². The number of aromatic nitrogens is 2. The summed E-state index contributed by atoms with van der Waals surface area (Å²) in [5.41, 5.74) is 2.57. The van der Waals surface area contributed by atoms with E-state index >= 15 is 0 Å². The Morgan fingerprint density at radius 3 is 3.20 bits per heavy atom. The second-order valence-corrected chi connectivity index (χ2v) is 4.22. The van der Waals surface area contributed by atoms with Crippen molar-refractivity contribution in [1.29, 1.82) is 0 Å². The van der Waals surface area contributed by atoms with Crippen molar-refractivity contribution in [2.24, 2.45) is 0 Å². The Labute approximate surface area is 91.3 Å². The lowest BCUT2D eigenvalue weighted by atomic mass is 9.92. The fourth-order valence-electron chi connectivity index (χ4n) is 2.18. The standard InChI is InChI=1S/C12H19N3/c1-3-7-13-11-5-4-6-12-10(11)8-14-9(2)15-12/h8,11,13H,3-7H2,1-2H3. The third kappa shape index (κ3) is 2.34. The first kappa shape index (κ1) is 10.6. The first-order valence-corrected chi connectivity index (χ1v) is 5.87. The lowest BCUT2D eigenvalue weighted by Gasteiger charge is -2.25. The van der Waals surface area contributed by atoms with Crippen molar-refractivity contribution in [3.05, 3.63) is 23.3 Å². The average Bonchev–Trinajstić information content (AvgIpc) is 2.25. The van der Waals surface area contributed by atoms with Gasteiger partial charge in [0.15, 0.2) is 0 Å². The minimum atomic E-state index is 0.481. The summed E-state index contributed by atoms with van der Waals surface area (Å²) in [4.78, 5) is 8.82. The molecule has 2 rings (SSSR count). The summed E-state index contributed by atoms with van der Waals surface area (Å²) in [6.07, 6.45) is 6.76. The SMILES string of the molecule is CCCNC1CCCc2nc(C)ncc21. The molecular formula is C12H19N3. The van der Waals surface area contributed by atoms with E-state index in [-0.39, 0.29) is 0 Å². The van der Waals surface area contributed by atoms with E-state index in [4.69, 9.17) is 0 Å². The average molecular weight is 205 g/mol. The fourth-order valence-corrected chi connectivity index (χ4v) is 2.18. The van der Waals surface area contributed by atoms with Gasteiger partial charge in [0.1, 0.15) is 5.82 Å². The summed E-state index contributed by atoms with van der Waals surface area (Å²) in [7, 11) is 0. The molecule has 1 aliphatic rings. The van der Waals surface area contributed by atoms with E-state index in [2.05, 4.69) is 22.2 Å². The Hall–Kier alpha value is -0.960. The number of nitrogens with zero attached hydrogens (tertiary/aromatic N) is 2. The molecule has 1 unspecified atom stereocenters. The first-order chi connectivity index (χ1) is 7.31. The lowest BCUT2D eigenvalue weighted by Crippen LogP contribution is -2.26. The van der Waals surface area contributed by atoms with E-state index in [1.807, 2.05) is 13.1 Å². The molecule has 1 heterocycles. The minimum absolute atomic E-state index is 0.481. The molecule has 0 saturated carbocycles. The molecule has 0 spiro atoms. The maximum absolute atomic E-state index is 4.52. The first-order valence-electron chi connectivity index (χ1n) is 5.87. The van der Waals surface area contributed by atoms with Crippen LogP contribution in [0.2, 0.25) is 0 Å². The van der Waals surface area contributed by atoms with Crippen molar-refractivity contribution >= 4 is 0 Å². The van der Waals surface area contributed by atoms with Crippen LogP contribution in [0.25, 0.3) is 0 Å². The van der Waals surface area contributed by atoms with E-state index in [1.54, 1.807) is 0 Å². The predicted molar refractivity (Wildman–Crippen MR) is 60.7 cm³/mol. The van der Waals surface area contributed by atoms with Gasteiger partial charge in [0.05, 0.1) is 0 Å². The highest BCUT2D eigenvalue weighted by molar-refractivity contribution is 5.24. The zero-order valence-electron chi connectivity index (χ0n) is 9.58. The van der Waals surface area contributed by atoms with E-state index in [0.717, 1.165) is 18.8 Å². The monoisotopic (exact) mass is 205 g/mol. The number of aryl methyl sites for hydroxylation is 2. The Balaban J connectivity index is 2.18. The summed E-state index contributed by atoms with van der Waals surface area (Å²) >= 11 is 0. The molecule has 3 heteroatoms. The molecule has 1 aromatic heterocycles. The molecule has 15 heavy (non-hydrogen) atoms. The lowest BCUT2D eigenvalue weighted by molar-refractivity contribution is 0.452. The molecule has 1 atom stereocenters. The maximum Gasteiger partial charge on any atom is 0.125 e. The molecule has 0 amide bonds. The van der Waals surface area contributed by atoms with Gasteiger partial charge in [0, 0.05) is 23.5 Å². The summed E-state index contributed by atoms with van der Waals surface area (Å²) in [6, 6.07) is 0.481.